The van der Waals surface area contributed by atoms with E-state index in [9.17, 15) is 29.8 Å². The number of nitro groups is 2. The highest BCUT2D eigenvalue weighted by Crippen LogP contribution is 2.26. The second kappa shape index (κ2) is 9.65. The van der Waals surface area contributed by atoms with Crippen molar-refractivity contribution in [1.29, 1.82) is 0 Å². The zero-order valence-corrected chi connectivity index (χ0v) is 15.8. The van der Waals surface area contributed by atoms with Crippen molar-refractivity contribution in [2.45, 2.75) is 20.0 Å². The van der Waals surface area contributed by atoms with Crippen LogP contribution in [0.4, 0.5) is 11.4 Å². The number of non-ortho nitro benzene ring substituents is 2. The molecule has 164 valence electrons. The van der Waals surface area contributed by atoms with Gasteiger partial charge in [0, 0.05) is 25.1 Å². The third-order valence-corrected chi connectivity index (χ3v) is 4.58. The summed E-state index contributed by atoms with van der Waals surface area (Å²) in [5.41, 5.74) is -0.796. The molecule has 1 heterocycles. The minimum Gasteiger partial charge on any atom is -0.489 e. The van der Waals surface area contributed by atoms with Gasteiger partial charge in [0.05, 0.1) is 40.7 Å². The normalized spacial score (nSPS) is 15.0. The number of hydrogen-bond donors (Lipinski definition) is 0. The Morgan fingerprint density at radius 3 is 2.10 bits per heavy atom. The molecule has 0 N–H and O–H groups in total. The Kier molecular flexibility index (Phi) is 7.24. The van der Waals surface area contributed by atoms with Crippen LogP contribution in [0.3, 0.4) is 0 Å². The summed E-state index contributed by atoms with van der Waals surface area (Å²) in [6.07, 6.45) is 0.188. The van der Waals surface area contributed by atoms with Gasteiger partial charge < -0.3 is 14.4 Å². The van der Waals surface area contributed by atoms with Gasteiger partial charge in [-0.15, -0.1) is 0 Å². The number of esters is 1. The first-order valence-electron chi connectivity index (χ1n) is 8.86. The number of ether oxygens (including phenoxy) is 2. The predicted octanol–water partition coefficient (Wildman–Crippen LogP) is 3.22. The summed E-state index contributed by atoms with van der Waals surface area (Å²) in [5, 5.41) is 22.0. The van der Waals surface area contributed by atoms with Crippen molar-refractivity contribution in [3.05, 3.63) is 73.8 Å². The van der Waals surface area contributed by atoms with Crippen molar-refractivity contribution in [2.24, 2.45) is 0 Å². The molecular formula is C20H21N3O8. The fourth-order valence-electron chi connectivity index (χ4n) is 3.10. The molecule has 11 heteroatoms. The number of amides is 1. The molecule has 31 heavy (non-hydrogen) atoms. The number of carbonyl (C=O) groups excluding carboxylic acids is 2. The third-order valence-electron chi connectivity index (χ3n) is 4.58. The summed E-state index contributed by atoms with van der Waals surface area (Å²) in [5.74, 6) is -0.507. The molecule has 1 aliphatic rings. The molecule has 1 amide bonds. The number of hydrogen-bond acceptors (Lipinski definition) is 8. The van der Waals surface area contributed by atoms with Crippen LogP contribution >= 0.6 is 0 Å². The molecule has 0 saturated carbocycles. The van der Waals surface area contributed by atoms with E-state index in [1.54, 1.807) is 24.3 Å². The molecule has 3 rings (SSSR count). The molecule has 0 radical (unpaired) electrons. The summed E-state index contributed by atoms with van der Waals surface area (Å²) < 4.78 is 10.5. The number of carbonyl (C=O) groups is 2. The maximum atomic E-state index is 12.7. The topological polar surface area (TPSA) is 142 Å². The number of rotatable bonds is 6. The number of likely N-dealkylation sites (tertiary alicyclic amines) is 1. The van der Waals surface area contributed by atoms with E-state index in [-0.39, 0.29) is 25.6 Å². The number of methoxy groups -OCH3 is 1. The zero-order chi connectivity index (χ0) is 21.8. The van der Waals surface area contributed by atoms with Gasteiger partial charge in [-0.3, -0.25) is 25.0 Å². The Labute approximate surface area is 177 Å². The fraction of sp³-hybridized carbons (Fsp3) is 0.300. The molecule has 0 bridgehead atoms. The minimum atomic E-state index is -0.780. The van der Waals surface area contributed by atoms with E-state index in [0.717, 1.165) is 18.2 Å². The highest BCUT2D eigenvalue weighted by molar-refractivity contribution is 5.95. The molecule has 1 saturated heterocycles. The summed E-state index contributed by atoms with van der Waals surface area (Å²) in [7, 11) is 1.28. The van der Waals surface area contributed by atoms with Crippen LogP contribution in [0.25, 0.3) is 0 Å². The van der Waals surface area contributed by atoms with Gasteiger partial charge >= 0.3 is 5.97 Å². The van der Waals surface area contributed by atoms with Crippen LogP contribution in [-0.4, -0.2) is 52.9 Å². The van der Waals surface area contributed by atoms with Crippen molar-refractivity contribution in [1.82, 2.24) is 4.90 Å². The SMILES string of the molecule is C.COC(=O)c1ccc(O[C@H]2CCN(C(=O)c3cc([N+](=O)[O-])cc([N+](=O)[O-])c3)C2)cc1. The highest BCUT2D eigenvalue weighted by Gasteiger charge is 2.30. The Balaban J connectivity index is 0.00000341. The Hall–Kier alpha value is -4.02. The maximum Gasteiger partial charge on any atom is 0.337 e. The van der Waals surface area contributed by atoms with Crippen molar-refractivity contribution in [2.75, 3.05) is 20.2 Å². The quantitative estimate of drug-likeness (QED) is 0.385. The molecular weight excluding hydrogens is 410 g/mol. The Morgan fingerprint density at radius 2 is 1.58 bits per heavy atom. The molecule has 2 aromatic carbocycles. The summed E-state index contributed by atoms with van der Waals surface area (Å²) >= 11 is 0. The van der Waals surface area contributed by atoms with Gasteiger partial charge in [-0.25, -0.2) is 4.79 Å². The molecule has 1 atom stereocenters. The average molecular weight is 431 g/mol. The number of nitro benzene ring substituents is 2. The van der Waals surface area contributed by atoms with Crippen molar-refractivity contribution in [3.63, 3.8) is 0 Å². The monoisotopic (exact) mass is 431 g/mol. The van der Waals surface area contributed by atoms with E-state index >= 15 is 0 Å². The van der Waals surface area contributed by atoms with Crippen LogP contribution in [0.1, 0.15) is 34.6 Å². The first-order valence-corrected chi connectivity index (χ1v) is 8.86. The largest absolute Gasteiger partial charge is 0.489 e. The van der Waals surface area contributed by atoms with E-state index in [4.69, 9.17) is 4.74 Å². The molecule has 0 unspecified atom stereocenters. The lowest BCUT2D eigenvalue weighted by molar-refractivity contribution is -0.394. The lowest BCUT2D eigenvalue weighted by Crippen LogP contribution is -2.31. The molecule has 2 aromatic rings. The second-order valence-electron chi connectivity index (χ2n) is 6.55. The standard InChI is InChI=1S/C19H17N3O8.CH4/c1-29-19(24)12-2-4-16(5-3-12)30-17-6-7-20(11-17)18(23)13-8-14(21(25)26)10-15(9-13)22(27)28;/h2-5,8-10,17H,6-7,11H2,1H3;1H4/t17-;/m0./s1. The van der Waals surface area contributed by atoms with E-state index in [0.29, 0.717) is 24.3 Å². The van der Waals surface area contributed by atoms with Crippen LogP contribution in [0.5, 0.6) is 5.75 Å². The summed E-state index contributed by atoms with van der Waals surface area (Å²) in [4.78, 5) is 46.1. The van der Waals surface area contributed by atoms with E-state index < -0.39 is 33.1 Å². The molecule has 0 aliphatic carbocycles. The van der Waals surface area contributed by atoms with Gasteiger partial charge in [0.15, 0.2) is 0 Å². The average Bonchev–Trinajstić information content (AvgIpc) is 3.21. The van der Waals surface area contributed by atoms with Gasteiger partial charge in [0.2, 0.25) is 0 Å². The van der Waals surface area contributed by atoms with Gasteiger partial charge in [0.25, 0.3) is 17.3 Å². The van der Waals surface area contributed by atoms with Crippen LogP contribution in [0.15, 0.2) is 42.5 Å². The van der Waals surface area contributed by atoms with Gasteiger partial charge in [0.1, 0.15) is 11.9 Å². The predicted molar refractivity (Wildman–Crippen MR) is 109 cm³/mol. The Morgan fingerprint density at radius 1 is 1.00 bits per heavy atom. The maximum absolute atomic E-state index is 12.7. The smallest absolute Gasteiger partial charge is 0.337 e. The lowest BCUT2D eigenvalue weighted by Gasteiger charge is -2.17. The first kappa shape index (κ1) is 23.3. The first-order chi connectivity index (χ1) is 14.3. The minimum absolute atomic E-state index is 0. The van der Waals surface area contributed by atoms with Crippen molar-refractivity contribution >= 4 is 23.3 Å². The molecule has 11 nitrogen and oxygen atoms in total. The molecule has 0 spiro atoms. The summed E-state index contributed by atoms with van der Waals surface area (Å²) in [6.45, 7) is 0.550. The number of benzene rings is 2. The second-order valence-corrected chi connectivity index (χ2v) is 6.55. The van der Waals surface area contributed by atoms with Gasteiger partial charge in [-0.2, -0.15) is 0 Å². The van der Waals surface area contributed by atoms with Gasteiger partial charge in [-0.1, -0.05) is 7.43 Å². The summed E-state index contributed by atoms with van der Waals surface area (Å²) in [6, 6.07) is 9.19. The third kappa shape index (κ3) is 5.32. The van der Waals surface area contributed by atoms with Gasteiger partial charge in [-0.05, 0) is 24.3 Å². The number of nitrogens with zero attached hydrogens (tertiary/aromatic N) is 3. The van der Waals surface area contributed by atoms with Crippen LogP contribution in [-0.2, 0) is 4.74 Å². The van der Waals surface area contributed by atoms with Crippen LogP contribution in [0, 0.1) is 20.2 Å². The van der Waals surface area contributed by atoms with E-state index in [2.05, 4.69) is 4.74 Å². The fourth-order valence-corrected chi connectivity index (χ4v) is 3.10. The van der Waals surface area contributed by atoms with E-state index in [1.165, 1.54) is 12.0 Å². The van der Waals surface area contributed by atoms with Crippen LogP contribution < -0.4 is 4.74 Å². The van der Waals surface area contributed by atoms with Crippen LogP contribution in [0.2, 0.25) is 0 Å². The highest BCUT2D eigenvalue weighted by atomic mass is 16.6. The Bertz CT molecular complexity index is 974. The van der Waals surface area contributed by atoms with Crippen molar-refractivity contribution in [3.8, 4) is 5.75 Å². The molecule has 1 fully saturated rings. The zero-order valence-electron chi connectivity index (χ0n) is 15.8. The molecule has 0 aromatic heterocycles. The molecule has 1 aliphatic heterocycles. The lowest BCUT2D eigenvalue weighted by atomic mass is 10.1. The van der Waals surface area contributed by atoms with E-state index in [1.807, 2.05) is 0 Å². The van der Waals surface area contributed by atoms with Crippen molar-refractivity contribution < 1.29 is 28.9 Å².